The molecule has 0 heterocycles. The van der Waals surface area contributed by atoms with E-state index in [0.29, 0.717) is 25.7 Å². The Morgan fingerprint density at radius 2 is 0.465 bits per heavy atom. The molecular formula is C80H156O17P2. The summed E-state index contributed by atoms with van der Waals surface area (Å²) in [7, 11) is -9.91. The molecule has 588 valence electrons. The molecule has 0 aliphatic carbocycles. The molecule has 0 fully saturated rings. The van der Waals surface area contributed by atoms with Crippen molar-refractivity contribution in [1.29, 1.82) is 0 Å². The van der Waals surface area contributed by atoms with Gasteiger partial charge in [0.15, 0.2) is 12.2 Å². The maximum Gasteiger partial charge on any atom is 0.472 e. The minimum absolute atomic E-state index is 0.106. The summed E-state index contributed by atoms with van der Waals surface area (Å²) in [6.07, 6.45) is 63.9. The van der Waals surface area contributed by atoms with Gasteiger partial charge in [-0.1, -0.05) is 375 Å². The van der Waals surface area contributed by atoms with Crippen LogP contribution in [0.5, 0.6) is 0 Å². The lowest BCUT2D eigenvalue weighted by Gasteiger charge is -2.21. The molecule has 19 heteroatoms. The number of unbranched alkanes of at least 4 members (excludes halogenated alkanes) is 52. The number of phosphoric acid groups is 2. The van der Waals surface area contributed by atoms with E-state index in [0.717, 1.165) is 95.8 Å². The molecule has 0 rings (SSSR count). The third-order valence-corrected chi connectivity index (χ3v) is 20.7. The smallest absolute Gasteiger partial charge is 0.462 e. The minimum Gasteiger partial charge on any atom is -0.462 e. The first-order chi connectivity index (χ1) is 48.0. The molecule has 0 aromatic heterocycles. The van der Waals surface area contributed by atoms with Crippen LogP contribution in [0.25, 0.3) is 0 Å². The maximum absolute atomic E-state index is 13.1. The van der Waals surface area contributed by atoms with Gasteiger partial charge in [-0.3, -0.25) is 37.3 Å². The summed E-state index contributed by atoms with van der Waals surface area (Å²) in [5.74, 6) is -1.37. The van der Waals surface area contributed by atoms with Gasteiger partial charge in [-0.15, -0.1) is 0 Å². The highest BCUT2D eigenvalue weighted by atomic mass is 31.2. The van der Waals surface area contributed by atoms with Gasteiger partial charge in [-0.25, -0.2) is 9.13 Å². The molecule has 0 saturated carbocycles. The van der Waals surface area contributed by atoms with Crippen LogP contribution in [0.3, 0.4) is 0 Å². The van der Waals surface area contributed by atoms with Crippen LogP contribution in [0.4, 0.5) is 0 Å². The van der Waals surface area contributed by atoms with Gasteiger partial charge >= 0.3 is 39.5 Å². The van der Waals surface area contributed by atoms with Gasteiger partial charge in [0.25, 0.3) is 0 Å². The van der Waals surface area contributed by atoms with Crippen molar-refractivity contribution < 1.29 is 80.2 Å². The molecule has 0 saturated heterocycles. The number of carbonyl (C=O) groups excluding carboxylic acids is 4. The first-order valence-electron chi connectivity index (χ1n) is 41.6. The van der Waals surface area contributed by atoms with Gasteiger partial charge < -0.3 is 33.8 Å². The van der Waals surface area contributed by atoms with Crippen LogP contribution in [0.15, 0.2) is 0 Å². The Morgan fingerprint density at radius 1 is 0.273 bits per heavy atom. The van der Waals surface area contributed by atoms with Crippen molar-refractivity contribution in [2.45, 2.75) is 445 Å². The Balaban J connectivity index is 5.20. The average Bonchev–Trinajstić information content (AvgIpc) is 1.19. The number of rotatable bonds is 80. The number of aliphatic hydroxyl groups is 1. The first kappa shape index (κ1) is 97.1. The molecule has 0 aliphatic rings. The zero-order valence-corrected chi connectivity index (χ0v) is 66.4. The van der Waals surface area contributed by atoms with E-state index in [1.165, 1.54) is 250 Å². The van der Waals surface area contributed by atoms with E-state index in [9.17, 15) is 43.2 Å². The lowest BCUT2D eigenvalue weighted by molar-refractivity contribution is -0.161. The predicted octanol–water partition coefficient (Wildman–Crippen LogP) is 24.0. The van der Waals surface area contributed by atoms with Gasteiger partial charge in [-0.05, 0) is 31.6 Å². The van der Waals surface area contributed by atoms with Crippen LogP contribution in [-0.4, -0.2) is 96.7 Å². The Hall–Kier alpha value is -1.94. The highest BCUT2D eigenvalue weighted by molar-refractivity contribution is 7.47. The third kappa shape index (κ3) is 74.1. The monoisotopic (exact) mass is 1450 g/mol. The molecule has 0 spiro atoms. The van der Waals surface area contributed by atoms with E-state index >= 15 is 0 Å². The maximum atomic E-state index is 13.1. The fraction of sp³-hybridized carbons (Fsp3) is 0.950. The second-order valence-electron chi connectivity index (χ2n) is 29.3. The number of carbonyl (C=O) groups is 4. The van der Waals surface area contributed by atoms with E-state index < -0.39 is 97.5 Å². The van der Waals surface area contributed by atoms with Gasteiger partial charge in [0.1, 0.15) is 19.3 Å². The Bertz CT molecular complexity index is 1890. The predicted molar refractivity (Wildman–Crippen MR) is 405 cm³/mol. The number of hydrogen-bond donors (Lipinski definition) is 3. The summed E-state index contributed by atoms with van der Waals surface area (Å²) in [5.41, 5.74) is 0. The van der Waals surface area contributed by atoms with Crippen molar-refractivity contribution in [3.05, 3.63) is 0 Å². The minimum atomic E-state index is -4.96. The normalized spacial score (nSPS) is 13.9. The van der Waals surface area contributed by atoms with Crippen LogP contribution in [0, 0.1) is 5.92 Å². The molecule has 0 bridgehead atoms. The Morgan fingerprint density at radius 3 is 0.687 bits per heavy atom. The molecule has 99 heavy (non-hydrogen) atoms. The molecule has 0 radical (unpaired) electrons. The topological polar surface area (TPSA) is 237 Å². The van der Waals surface area contributed by atoms with Crippen molar-refractivity contribution in [1.82, 2.24) is 0 Å². The number of phosphoric ester groups is 2. The van der Waals surface area contributed by atoms with E-state index in [-0.39, 0.29) is 25.7 Å². The average molecular weight is 1450 g/mol. The molecule has 0 amide bonds. The molecule has 5 atom stereocenters. The second-order valence-corrected chi connectivity index (χ2v) is 32.2. The van der Waals surface area contributed by atoms with Gasteiger partial charge in [0.05, 0.1) is 26.4 Å². The van der Waals surface area contributed by atoms with E-state index in [1.54, 1.807) is 0 Å². The van der Waals surface area contributed by atoms with Crippen LogP contribution >= 0.6 is 15.6 Å². The molecular weight excluding hydrogens is 1290 g/mol. The van der Waals surface area contributed by atoms with Crippen LogP contribution in [0.2, 0.25) is 0 Å². The summed E-state index contributed by atoms with van der Waals surface area (Å²) < 4.78 is 68.6. The second kappa shape index (κ2) is 73.0. The van der Waals surface area contributed by atoms with Gasteiger partial charge in [0.2, 0.25) is 0 Å². The largest absolute Gasteiger partial charge is 0.472 e. The summed E-state index contributed by atoms with van der Waals surface area (Å²) in [5, 5.41) is 10.6. The third-order valence-electron chi connectivity index (χ3n) is 18.8. The number of hydrogen-bond acceptors (Lipinski definition) is 15. The van der Waals surface area contributed by atoms with Crippen LogP contribution in [0.1, 0.15) is 426 Å². The molecule has 17 nitrogen and oxygen atoms in total. The summed E-state index contributed by atoms with van der Waals surface area (Å²) in [6, 6.07) is 0. The zero-order valence-electron chi connectivity index (χ0n) is 64.6. The molecule has 0 aliphatic heterocycles. The SMILES string of the molecule is CCCCCCCCCCCCCCCCCCCCCCCCC(=O)O[C@H](COC(=O)CCCCCCCCCCCCCCCC)COP(=O)(O)OC[C@@H](O)COP(=O)(O)OC[C@@H](COC(=O)CCCCCCCCCCCCC)OC(=O)CCCCCCCCCCCC(C)C. The van der Waals surface area contributed by atoms with Gasteiger partial charge in [0, 0.05) is 25.7 Å². The number of esters is 4. The Labute approximate surface area is 607 Å². The van der Waals surface area contributed by atoms with E-state index in [4.69, 9.17) is 37.0 Å². The zero-order chi connectivity index (χ0) is 72.7. The van der Waals surface area contributed by atoms with Crippen molar-refractivity contribution >= 4 is 39.5 Å². The van der Waals surface area contributed by atoms with E-state index in [1.807, 2.05) is 0 Å². The molecule has 3 N–H and O–H groups in total. The van der Waals surface area contributed by atoms with E-state index in [2.05, 4.69) is 34.6 Å². The fourth-order valence-electron chi connectivity index (χ4n) is 12.4. The quantitative estimate of drug-likeness (QED) is 0.0222. The molecule has 0 aromatic carbocycles. The van der Waals surface area contributed by atoms with Crippen molar-refractivity contribution in [2.24, 2.45) is 5.92 Å². The first-order valence-corrected chi connectivity index (χ1v) is 44.6. The summed E-state index contributed by atoms with van der Waals surface area (Å²) in [6.45, 7) is 7.29. The highest BCUT2D eigenvalue weighted by Gasteiger charge is 2.30. The number of ether oxygens (including phenoxy) is 4. The number of aliphatic hydroxyl groups excluding tert-OH is 1. The lowest BCUT2D eigenvalue weighted by atomic mass is 10.0. The van der Waals surface area contributed by atoms with Crippen molar-refractivity contribution in [2.75, 3.05) is 39.6 Å². The highest BCUT2D eigenvalue weighted by Crippen LogP contribution is 2.45. The molecule has 0 aromatic rings. The summed E-state index contributed by atoms with van der Waals surface area (Å²) in [4.78, 5) is 72.9. The lowest BCUT2D eigenvalue weighted by Crippen LogP contribution is -2.30. The van der Waals surface area contributed by atoms with Crippen LogP contribution in [-0.2, 0) is 65.4 Å². The Kier molecular flexibility index (Phi) is 71.6. The standard InChI is InChI=1S/C80H156O17P2/c1-6-9-12-15-18-21-24-26-28-29-30-31-32-33-34-35-37-40-45-50-55-60-65-79(84)96-75(69-91-78(83)64-59-54-49-44-39-36-27-25-22-19-16-13-10-7-2)71-94-98(86,87)92-67-74(81)68-93-99(88,89)95-72-76(70-90-77(82)63-58-53-48-43-38-23-20-17-14-11-8-3)97-80(85)66-61-56-51-46-41-42-47-52-57-62-73(4)5/h73-76,81H,6-72H2,1-5H3,(H,86,87)(H,88,89)/t74-,75-,76-/m1/s1. The van der Waals surface area contributed by atoms with Crippen molar-refractivity contribution in [3.63, 3.8) is 0 Å². The molecule has 2 unspecified atom stereocenters. The fourth-order valence-corrected chi connectivity index (χ4v) is 14.0. The van der Waals surface area contributed by atoms with Gasteiger partial charge in [-0.2, -0.15) is 0 Å². The van der Waals surface area contributed by atoms with Crippen molar-refractivity contribution in [3.8, 4) is 0 Å². The summed E-state index contributed by atoms with van der Waals surface area (Å²) >= 11 is 0. The van der Waals surface area contributed by atoms with Crippen LogP contribution < -0.4 is 0 Å².